The van der Waals surface area contributed by atoms with Crippen molar-refractivity contribution in [1.82, 2.24) is 15.0 Å². The van der Waals surface area contributed by atoms with Gasteiger partial charge >= 0.3 is 0 Å². The maximum absolute atomic E-state index is 13.5. The molecule has 1 aromatic heterocycles. The van der Waals surface area contributed by atoms with Crippen LogP contribution < -0.4 is 0 Å². The lowest BCUT2D eigenvalue weighted by Gasteiger charge is -2.37. The van der Waals surface area contributed by atoms with Crippen molar-refractivity contribution in [2.45, 2.75) is 44.4 Å². The first-order valence-electron chi connectivity index (χ1n) is 8.84. The molecular formula is C20H19F2N3. The van der Waals surface area contributed by atoms with E-state index in [4.69, 9.17) is 0 Å². The van der Waals surface area contributed by atoms with Gasteiger partial charge in [-0.15, -0.1) is 5.10 Å². The molecule has 0 aliphatic heterocycles. The van der Waals surface area contributed by atoms with Crippen LogP contribution in [-0.4, -0.2) is 20.9 Å². The van der Waals surface area contributed by atoms with Gasteiger partial charge < -0.3 is 0 Å². The lowest BCUT2D eigenvalue weighted by atomic mass is 9.71. The third-order valence-electron chi connectivity index (χ3n) is 5.96. The zero-order valence-electron chi connectivity index (χ0n) is 13.9. The number of benzene rings is 2. The van der Waals surface area contributed by atoms with E-state index in [-0.39, 0.29) is 18.3 Å². The molecule has 128 valence electrons. The van der Waals surface area contributed by atoms with Gasteiger partial charge in [-0.1, -0.05) is 23.4 Å². The van der Waals surface area contributed by atoms with Crippen LogP contribution in [0.25, 0.3) is 16.7 Å². The maximum atomic E-state index is 13.5. The predicted molar refractivity (Wildman–Crippen MR) is 92.1 cm³/mol. The van der Waals surface area contributed by atoms with Crippen LogP contribution in [0.4, 0.5) is 8.78 Å². The van der Waals surface area contributed by atoms with E-state index in [0.717, 1.165) is 29.6 Å². The second kappa shape index (κ2) is 5.10. The molecule has 2 aliphatic rings. The number of rotatable bonds is 1. The zero-order chi connectivity index (χ0) is 17.1. The van der Waals surface area contributed by atoms with Crippen LogP contribution >= 0.6 is 0 Å². The highest BCUT2D eigenvalue weighted by atomic mass is 19.3. The first kappa shape index (κ1) is 15.0. The van der Waals surface area contributed by atoms with Crippen molar-refractivity contribution in [3.8, 4) is 5.69 Å². The average molecular weight is 339 g/mol. The highest BCUT2D eigenvalue weighted by Crippen LogP contribution is 2.51. The standard InChI is InChI=1S/C20H19F2N3/c21-20(22)9-7-19(8-10-20)12-14-5-6-16(11-15(14)13-19)25-18-4-2-1-3-17(18)23-24-25/h1-6,11H,7-10,12-13H2. The van der Waals surface area contributed by atoms with E-state index in [9.17, 15) is 8.78 Å². The van der Waals surface area contributed by atoms with Gasteiger partial charge in [0.15, 0.2) is 0 Å². The van der Waals surface area contributed by atoms with E-state index in [0.29, 0.717) is 12.8 Å². The molecular weight excluding hydrogens is 320 g/mol. The molecule has 0 unspecified atom stereocenters. The molecule has 0 amide bonds. The summed E-state index contributed by atoms with van der Waals surface area (Å²) in [6.45, 7) is 0. The zero-order valence-corrected chi connectivity index (χ0v) is 13.9. The Kier molecular flexibility index (Phi) is 3.06. The van der Waals surface area contributed by atoms with Gasteiger partial charge in [0.1, 0.15) is 5.52 Å². The quantitative estimate of drug-likeness (QED) is 0.642. The Bertz CT molecular complexity index is 950. The van der Waals surface area contributed by atoms with Crippen molar-refractivity contribution < 1.29 is 8.78 Å². The predicted octanol–water partition coefficient (Wildman–Crippen LogP) is 4.71. The summed E-state index contributed by atoms with van der Waals surface area (Å²) in [5.41, 5.74) is 5.46. The number of para-hydroxylation sites is 1. The van der Waals surface area contributed by atoms with E-state index >= 15 is 0 Å². The molecule has 2 aromatic carbocycles. The minimum atomic E-state index is -2.47. The number of halogens is 2. The lowest BCUT2D eigenvalue weighted by Crippen LogP contribution is -2.33. The number of nitrogens with zero attached hydrogens (tertiary/aromatic N) is 3. The average Bonchev–Trinajstić information content (AvgIpc) is 3.19. The first-order valence-corrected chi connectivity index (χ1v) is 8.84. The normalized spacial score (nSPS) is 20.9. The van der Waals surface area contributed by atoms with Crippen molar-refractivity contribution in [2.75, 3.05) is 0 Å². The molecule has 2 aliphatic carbocycles. The molecule has 1 heterocycles. The van der Waals surface area contributed by atoms with Gasteiger partial charge in [0, 0.05) is 12.8 Å². The summed E-state index contributed by atoms with van der Waals surface area (Å²) in [6, 6.07) is 14.3. The van der Waals surface area contributed by atoms with Crippen LogP contribution in [-0.2, 0) is 12.8 Å². The fourth-order valence-corrected chi connectivity index (χ4v) is 4.51. The first-order chi connectivity index (χ1) is 12.0. The molecule has 0 radical (unpaired) electrons. The van der Waals surface area contributed by atoms with E-state index in [1.54, 1.807) is 0 Å². The van der Waals surface area contributed by atoms with Crippen molar-refractivity contribution >= 4 is 11.0 Å². The van der Waals surface area contributed by atoms with E-state index < -0.39 is 5.92 Å². The summed E-state index contributed by atoms with van der Waals surface area (Å²) in [7, 11) is 0. The highest BCUT2D eigenvalue weighted by molar-refractivity contribution is 5.76. The highest BCUT2D eigenvalue weighted by Gasteiger charge is 2.46. The van der Waals surface area contributed by atoms with E-state index in [1.165, 1.54) is 11.1 Å². The molecule has 5 heteroatoms. The number of hydrogen-bond acceptors (Lipinski definition) is 2. The van der Waals surface area contributed by atoms with E-state index in [2.05, 4.69) is 28.5 Å². The fraction of sp³-hybridized carbons (Fsp3) is 0.400. The molecule has 1 fully saturated rings. The lowest BCUT2D eigenvalue weighted by molar-refractivity contribution is -0.0651. The molecule has 1 spiro atoms. The third kappa shape index (κ3) is 2.44. The molecule has 25 heavy (non-hydrogen) atoms. The summed E-state index contributed by atoms with van der Waals surface area (Å²) in [5, 5.41) is 8.50. The Labute approximate surface area is 144 Å². The smallest absolute Gasteiger partial charge is 0.213 e. The minimum Gasteiger partial charge on any atom is -0.213 e. The second-order valence-corrected chi connectivity index (χ2v) is 7.65. The van der Waals surface area contributed by atoms with Crippen LogP contribution in [0, 0.1) is 5.41 Å². The number of hydrogen-bond donors (Lipinski definition) is 0. The second-order valence-electron chi connectivity index (χ2n) is 7.65. The summed E-state index contributed by atoms with van der Waals surface area (Å²) >= 11 is 0. The molecule has 3 nitrogen and oxygen atoms in total. The minimum absolute atomic E-state index is 0.0293. The van der Waals surface area contributed by atoms with Crippen LogP contribution in [0.1, 0.15) is 36.8 Å². The molecule has 0 N–H and O–H groups in total. The van der Waals surface area contributed by atoms with Crippen molar-refractivity contribution in [2.24, 2.45) is 5.41 Å². The molecule has 3 aromatic rings. The van der Waals surface area contributed by atoms with Crippen molar-refractivity contribution in [3.63, 3.8) is 0 Å². The van der Waals surface area contributed by atoms with Crippen molar-refractivity contribution in [1.29, 1.82) is 0 Å². The van der Waals surface area contributed by atoms with Gasteiger partial charge in [-0.05, 0) is 66.5 Å². The number of aromatic nitrogens is 3. The van der Waals surface area contributed by atoms with Gasteiger partial charge in [0.25, 0.3) is 0 Å². The third-order valence-corrected chi connectivity index (χ3v) is 5.96. The molecule has 0 saturated heterocycles. The Balaban J connectivity index is 1.48. The molecule has 0 bridgehead atoms. The fourth-order valence-electron chi connectivity index (χ4n) is 4.51. The van der Waals surface area contributed by atoms with Gasteiger partial charge in [0.05, 0.1) is 11.2 Å². The summed E-state index contributed by atoms with van der Waals surface area (Å²) in [5.74, 6) is -2.47. The summed E-state index contributed by atoms with van der Waals surface area (Å²) in [4.78, 5) is 0. The Morgan fingerprint density at radius 3 is 2.48 bits per heavy atom. The maximum Gasteiger partial charge on any atom is 0.248 e. The van der Waals surface area contributed by atoms with Gasteiger partial charge in [-0.3, -0.25) is 0 Å². The monoisotopic (exact) mass is 339 g/mol. The summed E-state index contributed by atoms with van der Waals surface area (Å²) in [6.07, 6.45) is 3.13. The Hall–Kier alpha value is -2.30. The number of alkyl halides is 2. The van der Waals surface area contributed by atoms with Crippen LogP contribution in [0.5, 0.6) is 0 Å². The van der Waals surface area contributed by atoms with Gasteiger partial charge in [-0.25, -0.2) is 13.5 Å². The van der Waals surface area contributed by atoms with E-state index in [1.807, 2.05) is 28.9 Å². The topological polar surface area (TPSA) is 30.7 Å². The molecule has 1 saturated carbocycles. The molecule has 5 rings (SSSR count). The van der Waals surface area contributed by atoms with Crippen LogP contribution in [0.2, 0.25) is 0 Å². The Morgan fingerprint density at radius 1 is 0.880 bits per heavy atom. The molecule has 0 atom stereocenters. The van der Waals surface area contributed by atoms with Gasteiger partial charge in [0.2, 0.25) is 5.92 Å². The van der Waals surface area contributed by atoms with Crippen molar-refractivity contribution in [3.05, 3.63) is 53.6 Å². The summed E-state index contributed by atoms with van der Waals surface area (Å²) < 4.78 is 29.0. The van der Waals surface area contributed by atoms with Crippen LogP contribution in [0.3, 0.4) is 0 Å². The Morgan fingerprint density at radius 2 is 1.64 bits per heavy atom. The largest absolute Gasteiger partial charge is 0.248 e. The number of fused-ring (bicyclic) bond motifs is 2. The van der Waals surface area contributed by atoms with Crippen LogP contribution in [0.15, 0.2) is 42.5 Å². The SMILES string of the molecule is FC1(F)CCC2(CC1)Cc1ccc(-n3nnc4ccccc43)cc1C2. The van der Waals surface area contributed by atoms with Gasteiger partial charge in [-0.2, -0.15) is 0 Å².